The summed E-state index contributed by atoms with van der Waals surface area (Å²) in [6.07, 6.45) is 0. The third-order valence-corrected chi connectivity index (χ3v) is 1.92. The van der Waals surface area contributed by atoms with Crippen molar-refractivity contribution < 1.29 is 5.11 Å². The highest BCUT2D eigenvalue weighted by Crippen LogP contribution is 2.18. The van der Waals surface area contributed by atoms with E-state index in [1.54, 1.807) is 6.92 Å². The number of hydrogen-bond acceptors (Lipinski definition) is 2. The maximum Gasteiger partial charge on any atom is 0.0992 e. The Bertz CT molecular complexity index is 231. The molecule has 66 valence electrons. The van der Waals surface area contributed by atoms with Crippen LogP contribution in [0.2, 0.25) is 0 Å². The van der Waals surface area contributed by atoms with Crippen molar-refractivity contribution in [1.82, 2.24) is 5.32 Å². The molecule has 1 rings (SSSR count). The number of likely N-dealkylation sites (N-methyl/N-ethyl adjacent to an activating group) is 1. The van der Waals surface area contributed by atoms with E-state index in [9.17, 15) is 5.11 Å². The van der Waals surface area contributed by atoms with Crippen molar-refractivity contribution in [2.24, 2.45) is 0 Å². The predicted molar refractivity (Wildman–Crippen MR) is 49.9 cm³/mol. The van der Waals surface area contributed by atoms with Gasteiger partial charge in [0.1, 0.15) is 0 Å². The summed E-state index contributed by atoms with van der Waals surface area (Å²) in [6, 6.07) is 9.66. The molecule has 0 saturated carbocycles. The molecule has 2 heteroatoms. The molecule has 0 spiro atoms. The second kappa shape index (κ2) is 3.70. The van der Waals surface area contributed by atoms with Crippen molar-refractivity contribution in [2.45, 2.75) is 12.5 Å². The van der Waals surface area contributed by atoms with Gasteiger partial charge in [-0.25, -0.2) is 0 Å². The number of hydrogen-bond donors (Lipinski definition) is 2. The Hall–Kier alpha value is -0.860. The second-order valence-corrected chi connectivity index (χ2v) is 3.17. The Balaban J connectivity index is 2.82. The zero-order chi connectivity index (χ0) is 9.03. The first-order valence-electron chi connectivity index (χ1n) is 4.09. The van der Waals surface area contributed by atoms with Crippen LogP contribution in [-0.4, -0.2) is 18.7 Å². The van der Waals surface area contributed by atoms with Crippen LogP contribution in [0.4, 0.5) is 0 Å². The first-order valence-corrected chi connectivity index (χ1v) is 4.09. The lowest BCUT2D eigenvalue weighted by Gasteiger charge is -2.23. The van der Waals surface area contributed by atoms with Crippen LogP contribution in [0.3, 0.4) is 0 Å². The summed E-state index contributed by atoms with van der Waals surface area (Å²) in [7, 11) is 1.83. The van der Waals surface area contributed by atoms with E-state index >= 15 is 0 Å². The highest BCUT2D eigenvalue weighted by molar-refractivity contribution is 5.21. The molecule has 1 aromatic carbocycles. The van der Waals surface area contributed by atoms with Crippen molar-refractivity contribution in [3.8, 4) is 0 Å². The van der Waals surface area contributed by atoms with Crippen molar-refractivity contribution in [2.75, 3.05) is 13.6 Å². The molecular formula is C10H15NO. The Morgan fingerprint density at radius 2 is 1.92 bits per heavy atom. The Labute approximate surface area is 73.2 Å². The van der Waals surface area contributed by atoms with Crippen LogP contribution in [0.5, 0.6) is 0 Å². The van der Waals surface area contributed by atoms with Gasteiger partial charge in [-0.05, 0) is 19.5 Å². The van der Waals surface area contributed by atoms with E-state index in [4.69, 9.17) is 0 Å². The summed E-state index contributed by atoms with van der Waals surface area (Å²) in [5, 5.41) is 12.9. The van der Waals surface area contributed by atoms with E-state index in [-0.39, 0.29) is 0 Å². The van der Waals surface area contributed by atoms with Crippen LogP contribution in [0, 0.1) is 0 Å². The number of nitrogens with one attached hydrogen (secondary N) is 1. The summed E-state index contributed by atoms with van der Waals surface area (Å²) in [4.78, 5) is 0. The smallest absolute Gasteiger partial charge is 0.0992 e. The fourth-order valence-electron chi connectivity index (χ4n) is 1.24. The molecule has 0 aliphatic carbocycles. The number of benzene rings is 1. The molecule has 2 nitrogen and oxygen atoms in total. The van der Waals surface area contributed by atoms with Gasteiger partial charge in [0, 0.05) is 6.54 Å². The molecule has 12 heavy (non-hydrogen) atoms. The third-order valence-electron chi connectivity index (χ3n) is 1.92. The minimum atomic E-state index is -0.768. The molecule has 0 aromatic heterocycles. The van der Waals surface area contributed by atoms with Crippen LogP contribution in [-0.2, 0) is 5.60 Å². The van der Waals surface area contributed by atoms with Gasteiger partial charge in [-0.3, -0.25) is 0 Å². The van der Waals surface area contributed by atoms with Gasteiger partial charge in [0.2, 0.25) is 0 Å². The minimum absolute atomic E-state index is 0.566. The van der Waals surface area contributed by atoms with E-state index in [1.165, 1.54) is 0 Å². The number of aliphatic hydroxyl groups is 1. The third kappa shape index (κ3) is 2.06. The van der Waals surface area contributed by atoms with Gasteiger partial charge in [0.25, 0.3) is 0 Å². The van der Waals surface area contributed by atoms with Crippen molar-refractivity contribution >= 4 is 0 Å². The molecule has 1 atom stereocenters. The molecule has 0 heterocycles. The summed E-state index contributed by atoms with van der Waals surface area (Å²) in [5.74, 6) is 0. The molecule has 0 aliphatic rings. The first kappa shape index (κ1) is 9.23. The molecular weight excluding hydrogens is 150 g/mol. The van der Waals surface area contributed by atoms with Gasteiger partial charge in [-0.1, -0.05) is 30.3 Å². The van der Waals surface area contributed by atoms with Crippen LogP contribution >= 0.6 is 0 Å². The van der Waals surface area contributed by atoms with Gasteiger partial charge in [-0.15, -0.1) is 0 Å². The van der Waals surface area contributed by atoms with Crippen LogP contribution in [0.25, 0.3) is 0 Å². The summed E-state index contributed by atoms with van der Waals surface area (Å²) < 4.78 is 0. The SMILES string of the molecule is CNC[C@](C)(O)c1ccccc1. The summed E-state index contributed by atoms with van der Waals surface area (Å²) in [6.45, 7) is 2.37. The molecule has 1 aromatic rings. The topological polar surface area (TPSA) is 32.3 Å². The summed E-state index contributed by atoms with van der Waals surface area (Å²) >= 11 is 0. The lowest BCUT2D eigenvalue weighted by molar-refractivity contribution is 0.0592. The zero-order valence-corrected chi connectivity index (χ0v) is 7.54. The molecule has 0 aliphatic heterocycles. The standard InChI is InChI=1S/C10H15NO/c1-10(12,8-11-2)9-6-4-3-5-7-9/h3-7,11-12H,8H2,1-2H3/t10-/m0/s1. The highest BCUT2D eigenvalue weighted by atomic mass is 16.3. The molecule has 0 saturated heterocycles. The van der Waals surface area contributed by atoms with E-state index < -0.39 is 5.60 Å². The van der Waals surface area contributed by atoms with Gasteiger partial charge < -0.3 is 10.4 Å². The lowest BCUT2D eigenvalue weighted by atomic mass is 9.96. The molecule has 0 bridgehead atoms. The molecule has 0 amide bonds. The molecule has 0 fully saturated rings. The lowest BCUT2D eigenvalue weighted by Crippen LogP contribution is -2.33. The van der Waals surface area contributed by atoms with Crippen LogP contribution < -0.4 is 5.32 Å². The van der Waals surface area contributed by atoms with Gasteiger partial charge in [0.15, 0.2) is 0 Å². The fourth-order valence-corrected chi connectivity index (χ4v) is 1.24. The molecule has 2 N–H and O–H groups in total. The Morgan fingerprint density at radius 3 is 2.42 bits per heavy atom. The van der Waals surface area contributed by atoms with Gasteiger partial charge >= 0.3 is 0 Å². The maximum atomic E-state index is 9.92. The van der Waals surface area contributed by atoms with E-state index in [1.807, 2.05) is 37.4 Å². The molecule has 0 radical (unpaired) electrons. The fraction of sp³-hybridized carbons (Fsp3) is 0.400. The first-order chi connectivity index (χ1) is 5.67. The maximum absolute atomic E-state index is 9.92. The quantitative estimate of drug-likeness (QED) is 0.703. The predicted octanol–water partition coefficient (Wildman–Crippen LogP) is 1.11. The number of rotatable bonds is 3. The zero-order valence-electron chi connectivity index (χ0n) is 7.54. The summed E-state index contributed by atoms with van der Waals surface area (Å²) in [5.41, 5.74) is 0.176. The van der Waals surface area contributed by atoms with Gasteiger partial charge in [-0.2, -0.15) is 0 Å². The Kier molecular flexibility index (Phi) is 2.84. The van der Waals surface area contributed by atoms with E-state index in [2.05, 4.69) is 5.32 Å². The van der Waals surface area contributed by atoms with Crippen molar-refractivity contribution in [1.29, 1.82) is 0 Å². The highest BCUT2D eigenvalue weighted by Gasteiger charge is 2.20. The van der Waals surface area contributed by atoms with Gasteiger partial charge in [0.05, 0.1) is 5.60 Å². The average Bonchev–Trinajstić information content (AvgIpc) is 2.06. The van der Waals surface area contributed by atoms with Crippen molar-refractivity contribution in [3.05, 3.63) is 35.9 Å². The normalized spacial score (nSPS) is 15.6. The van der Waals surface area contributed by atoms with Crippen molar-refractivity contribution in [3.63, 3.8) is 0 Å². The van der Waals surface area contributed by atoms with Crippen LogP contribution in [0.15, 0.2) is 30.3 Å². The Morgan fingerprint density at radius 1 is 1.33 bits per heavy atom. The minimum Gasteiger partial charge on any atom is -0.384 e. The van der Waals surface area contributed by atoms with E-state index in [0.29, 0.717) is 6.54 Å². The average molecular weight is 165 g/mol. The largest absolute Gasteiger partial charge is 0.384 e. The van der Waals surface area contributed by atoms with E-state index in [0.717, 1.165) is 5.56 Å². The molecule has 0 unspecified atom stereocenters. The second-order valence-electron chi connectivity index (χ2n) is 3.17. The van der Waals surface area contributed by atoms with Crippen LogP contribution in [0.1, 0.15) is 12.5 Å². The monoisotopic (exact) mass is 165 g/mol.